The molecule has 136 valence electrons. The second-order valence-electron chi connectivity index (χ2n) is 7.12. The quantitative estimate of drug-likeness (QED) is 0.787. The zero-order valence-electron chi connectivity index (χ0n) is 14.7. The molecule has 2 fully saturated rings. The SMILES string of the molecule is Cc1cc2c(cc1CN1CCOC3(COCC(=O)N(C)C3)C1)OCO2. The van der Waals surface area contributed by atoms with Crippen molar-refractivity contribution in [3.63, 3.8) is 0 Å². The van der Waals surface area contributed by atoms with Crippen molar-refractivity contribution in [2.45, 2.75) is 19.1 Å². The monoisotopic (exact) mass is 348 g/mol. The highest BCUT2D eigenvalue weighted by atomic mass is 16.7. The molecule has 1 amide bonds. The highest BCUT2D eigenvalue weighted by Gasteiger charge is 2.41. The zero-order chi connectivity index (χ0) is 17.4. The summed E-state index contributed by atoms with van der Waals surface area (Å²) in [5.74, 6) is 1.63. The number of fused-ring (bicyclic) bond motifs is 1. The van der Waals surface area contributed by atoms with E-state index in [0.717, 1.165) is 31.1 Å². The van der Waals surface area contributed by atoms with E-state index in [9.17, 15) is 4.79 Å². The van der Waals surface area contributed by atoms with Crippen LogP contribution in [0.2, 0.25) is 0 Å². The molecule has 0 bridgehead atoms. The molecule has 1 aromatic rings. The van der Waals surface area contributed by atoms with E-state index in [1.54, 1.807) is 4.90 Å². The van der Waals surface area contributed by atoms with Gasteiger partial charge in [-0.1, -0.05) is 0 Å². The summed E-state index contributed by atoms with van der Waals surface area (Å²) >= 11 is 0. The topological polar surface area (TPSA) is 60.5 Å². The van der Waals surface area contributed by atoms with Crippen molar-refractivity contribution < 1.29 is 23.7 Å². The van der Waals surface area contributed by atoms with Crippen molar-refractivity contribution in [3.8, 4) is 11.5 Å². The Morgan fingerprint density at radius 1 is 1.20 bits per heavy atom. The Balaban J connectivity index is 1.49. The predicted octanol–water partition coefficient (Wildman–Crippen LogP) is 0.783. The molecule has 0 aliphatic carbocycles. The second kappa shape index (κ2) is 6.48. The smallest absolute Gasteiger partial charge is 0.248 e. The lowest BCUT2D eigenvalue weighted by Gasteiger charge is -2.43. The molecule has 0 aromatic heterocycles. The number of carbonyl (C=O) groups excluding carboxylic acids is 1. The van der Waals surface area contributed by atoms with Gasteiger partial charge in [-0.25, -0.2) is 0 Å². The fraction of sp³-hybridized carbons (Fsp3) is 0.611. The number of hydrogen-bond acceptors (Lipinski definition) is 6. The van der Waals surface area contributed by atoms with Crippen LogP contribution in [0.3, 0.4) is 0 Å². The third-order valence-electron chi connectivity index (χ3n) is 5.09. The molecule has 7 nitrogen and oxygen atoms in total. The molecule has 7 heteroatoms. The Morgan fingerprint density at radius 2 is 2.00 bits per heavy atom. The first-order chi connectivity index (χ1) is 12.0. The van der Waals surface area contributed by atoms with Gasteiger partial charge in [0.2, 0.25) is 12.7 Å². The zero-order valence-corrected chi connectivity index (χ0v) is 14.7. The molecular weight excluding hydrogens is 324 g/mol. The Hall–Kier alpha value is -1.83. The molecule has 4 rings (SSSR count). The lowest BCUT2D eigenvalue weighted by molar-refractivity contribution is -0.143. The Labute approximate surface area is 147 Å². The van der Waals surface area contributed by atoms with E-state index in [1.807, 2.05) is 13.1 Å². The van der Waals surface area contributed by atoms with Gasteiger partial charge in [-0.2, -0.15) is 0 Å². The van der Waals surface area contributed by atoms with Crippen LogP contribution in [0.25, 0.3) is 0 Å². The molecule has 1 atom stereocenters. The van der Waals surface area contributed by atoms with E-state index in [1.165, 1.54) is 11.1 Å². The first-order valence-corrected chi connectivity index (χ1v) is 8.62. The summed E-state index contributed by atoms with van der Waals surface area (Å²) in [6, 6.07) is 4.11. The van der Waals surface area contributed by atoms with E-state index in [4.69, 9.17) is 18.9 Å². The average molecular weight is 348 g/mol. The number of aryl methyl sites for hydroxylation is 1. The summed E-state index contributed by atoms with van der Waals surface area (Å²) in [6.07, 6.45) is 0. The van der Waals surface area contributed by atoms with Crippen molar-refractivity contribution >= 4 is 5.91 Å². The molecule has 0 N–H and O–H groups in total. The predicted molar refractivity (Wildman–Crippen MR) is 89.7 cm³/mol. The van der Waals surface area contributed by atoms with Crippen molar-refractivity contribution in [1.29, 1.82) is 0 Å². The Bertz CT molecular complexity index is 680. The number of amides is 1. The molecule has 25 heavy (non-hydrogen) atoms. The maximum atomic E-state index is 11.9. The van der Waals surface area contributed by atoms with Gasteiger partial charge in [0.05, 0.1) is 19.8 Å². The van der Waals surface area contributed by atoms with Crippen molar-refractivity contribution in [2.24, 2.45) is 0 Å². The van der Waals surface area contributed by atoms with E-state index < -0.39 is 5.60 Å². The number of carbonyl (C=O) groups is 1. The van der Waals surface area contributed by atoms with Crippen molar-refractivity contribution in [3.05, 3.63) is 23.3 Å². The van der Waals surface area contributed by atoms with Gasteiger partial charge < -0.3 is 23.8 Å². The fourth-order valence-electron chi connectivity index (χ4n) is 3.74. The van der Waals surface area contributed by atoms with E-state index in [2.05, 4.69) is 17.9 Å². The Kier molecular flexibility index (Phi) is 4.31. The number of morpholine rings is 1. The molecule has 1 spiro atoms. The number of hydrogen-bond donors (Lipinski definition) is 0. The number of nitrogens with zero attached hydrogens (tertiary/aromatic N) is 2. The summed E-state index contributed by atoms with van der Waals surface area (Å²) in [7, 11) is 1.81. The van der Waals surface area contributed by atoms with Crippen molar-refractivity contribution in [2.75, 3.05) is 53.3 Å². The van der Waals surface area contributed by atoms with E-state index in [0.29, 0.717) is 19.8 Å². The largest absolute Gasteiger partial charge is 0.454 e. The van der Waals surface area contributed by atoms with Crippen LogP contribution in [0.1, 0.15) is 11.1 Å². The molecular formula is C18H24N2O5. The van der Waals surface area contributed by atoms with Crippen LogP contribution in [-0.4, -0.2) is 74.6 Å². The fourth-order valence-corrected chi connectivity index (χ4v) is 3.74. The minimum absolute atomic E-state index is 0.00390. The van der Waals surface area contributed by atoms with Crippen LogP contribution in [-0.2, 0) is 20.8 Å². The van der Waals surface area contributed by atoms with Crippen LogP contribution in [0, 0.1) is 6.92 Å². The second-order valence-corrected chi connectivity index (χ2v) is 7.12. The summed E-state index contributed by atoms with van der Waals surface area (Å²) in [5.41, 5.74) is 1.96. The molecule has 1 aromatic carbocycles. The minimum Gasteiger partial charge on any atom is -0.454 e. The van der Waals surface area contributed by atoms with E-state index >= 15 is 0 Å². The summed E-state index contributed by atoms with van der Waals surface area (Å²) in [6.45, 7) is 6.54. The standard InChI is InChI=1S/C18H24N2O5/c1-13-5-15-16(24-12-23-15)6-14(13)7-20-3-4-25-18(10-20)9-19(2)17(21)8-22-11-18/h5-6H,3-4,7-12H2,1-2H3. The number of likely N-dealkylation sites (N-methyl/N-ethyl adjacent to an activating group) is 1. The van der Waals surface area contributed by atoms with Crippen LogP contribution in [0.5, 0.6) is 11.5 Å². The third-order valence-corrected chi connectivity index (χ3v) is 5.09. The summed E-state index contributed by atoms with van der Waals surface area (Å²) in [4.78, 5) is 15.9. The molecule has 3 aliphatic heterocycles. The summed E-state index contributed by atoms with van der Waals surface area (Å²) in [5, 5.41) is 0. The number of ether oxygens (including phenoxy) is 4. The van der Waals surface area contributed by atoms with Crippen molar-refractivity contribution in [1.82, 2.24) is 9.80 Å². The maximum Gasteiger partial charge on any atom is 0.248 e. The first kappa shape index (κ1) is 16.6. The third kappa shape index (κ3) is 3.31. The van der Waals surface area contributed by atoms with Gasteiger partial charge in [0.25, 0.3) is 0 Å². The Morgan fingerprint density at radius 3 is 2.84 bits per heavy atom. The highest BCUT2D eigenvalue weighted by Crippen LogP contribution is 2.35. The van der Waals surface area contributed by atoms with Gasteiger partial charge in [-0.3, -0.25) is 9.69 Å². The first-order valence-electron chi connectivity index (χ1n) is 8.62. The van der Waals surface area contributed by atoms with Gasteiger partial charge in [-0.05, 0) is 30.2 Å². The van der Waals surface area contributed by atoms with Crippen LogP contribution in [0.15, 0.2) is 12.1 Å². The lowest BCUT2D eigenvalue weighted by Crippen LogP contribution is -2.58. The van der Waals surface area contributed by atoms with Gasteiger partial charge in [0, 0.05) is 26.7 Å². The molecule has 2 saturated heterocycles. The molecule has 3 heterocycles. The van der Waals surface area contributed by atoms with Gasteiger partial charge in [-0.15, -0.1) is 0 Å². The highest BCUT2D eigenvalue weighted by molar-refractivity contribution is 5.77. The van der Waals surface area contributed by atoms with Crippen LogP contribution >= 0.6 is 0 Å². The van der Waals surface area contributed by atoms with Gasteiger partial charge in [0.15, 0.2) is 11.5 Å². The molecule has 1 unspecified atom stereocenters. The minimum atomic E-state index is -0.455. The average Bonchev–Trinajstić information content (AvgIpc) is 2.97. The van der Waals surface area contributed by atoms with Gasteiger partial charge >= 0.3 is 0 Å². The molecule has 0 saturated carbocycles. The van der Waals surface area contributed by atoms with Crippen LogP contribution < -0.4 is 9.47 Å². The number of benzene rings is 1. The lowest BCUT2D eigenvalue weighted by atomic mass is 10.0. The normalized spacial score (nSPS) is 27.0. The molecule has 3 aliphatic rings. The number of rotatable bonds is 2. The summed E-state index contributed by atoms with van der Waals surface area (Å²) < 4.78 is 22.6. The maximum absolute atomic E-state index is 11.9. The van der Waals surface area contributed by atoms with Crippen LogP contribution in [0.4, 0.5) is 0 Å². The van der Waals surface area contributed by atoms with Gasteiger partial charge in [0.1, 0.15) is 12.2 Å². The van der Waals surface area contributed by atoms with E-state index in [-0.39, 0.29) is 19.3 Å². The molecule has 0 radical (unpaired) electrons.